The summed E-state index contributed by atoms with van der Waals surface area (Å²) in [4.78, 5) is 12.3. The molecule has 0 aliphatic heterocycles. The summed E-state index contributed by atoms with van der Waals surface area (Å²) >= 11 is 1.79. The molecule has 1 amide bonds. The summed E-state index contributed by atoms with van der Waals surface area (Å²) in [5.41, 5.74) is 12.8. The van der Waals surface area contributed by atoms with Crippen LogP contribution in [0.4, 0.5) is 0 Å². The van der Waals surface area contributed by atoms with Crippen LogP contribution in [0.5, 0.6) is 0 Å². The van der Waals surface area contributed by atoms with Gasteiger partial charge in [0.05, 0.1) is 5.54 Å². The zero-order chi connectivity index (χ0) is 13.8. The van der Waals surface area contributed by atoms with E-state index in [-0.39, 0.29) is 0 Å². The van der Waals surface area contributed by atoms with Crippen LogP contribution < -0.4 is 11.5 Å². The first kappa shape index (κ1) is 15.1. The minimum Gasteiger partial charge on any atom is -0.368 e. The maximum Gasteiger partial charge on any atom is 0.237 e. The standard InChI is InChI=1S/C14H22N2OS/c1-10-5-6-12(9-11(10)2)18-8-4-7-14(3,16)13(15)17/h5-6,9H,4,7-8,16H2,1-3H3,(H2,15,17). The molecule has 4 heteroatoms. The van der Waals surface area contributed by atoms with Crippen LogP contribution >= 0.6 is 11.8 Å². The molecule has 0 saturated carbocycles. The van der Waals surface area contributed by atoms with E-state index in [1.54, 1.807) is 18.7 Å². The van der Waals surface area contributed by atoms with Crippen molar-refractivity contribution in [3.8, 4) is 0 Å². The van der Waals surface area contributed by atoms with Crippen molar-refractivity contribution in [2.24, 2.45) is 11.5 Å². The summed E-state index contributed by atoms with van der Waals surface area (Å²) < 4.78 is 0. The Bertz CT molecular complexity index is 430. The molecule has 0 spiro atoms. The van der Waals surface area contributed by atoms with Gasteiger partial charge in [0.1, 0.15) is 0 Å². The van der Waals surface area contributed by atoms with Gasteiger partial charge in [-0.3, -0.25) is 4.79 Å². The van der Waals surface area contributed by atoms with Crippen LogP contribution in [0.1, 0.15) is 30.9 Å². The zero-order valence-corrected chi connectivity index (χ0v) is 12.1. The van der Waals surface area contributed by atoms with Gasteiger partial charge in [0, 0.05) is 4.90 Å². The molecule has 18 heavy (non-hydrogen) atoms. The van der Waals surface area contributed by atoms with Crippen LogP contribution in [0.2, 0.25) is 0 Å². The molecule has 100 valence electrons. The molecule has 0 aliphatic carbocycles. The van der Waals surface area contributed by atoms with Crippen LogP contribution in [0.15, 0.2) is 23.1 Å². The molecule has 0 heterocycles. The van der Waals surface area contributed by atoms with Crippen molar-refractivity contribution in [1.29, 1.82) is 0 Å². The number of rotatable bonds is 6. The molecule has 0 fully saturated rings. The molecule has 0 bridgehead atoms. The minimum absolute atomic E-state index is 0.432. The number of carbonyl (C=O) groups is 1. The minimum atomic E-state index is -0.885. The fourth-order valence-electron chi connectivity index (χ4n) is 1.56. The zero-order valence-electron chi connectivity index (χ0n) is 11.3. The van der Waals surface area contributed by atoms with Gasteiger partial charge in [0.2, 0.25) is 5.91 Å². The molecule has 0 aromatic heterocycles. The Hall–Kier alpha value is -1.00. The molecule has 1 atom stereocenters. The number of thioether (sulfide) groups is 1. The summed E-state index contributed by atoms with van der Waals surface area (Å²) in [6, 6.07) is 6.45. The Morgan fingerprint density at radius 2 is 2.00 bits per heavy atom. The first-order valence-electron chi connectivity index (χ1n) is 6.12. The molecule has 3 nitrogen and oxygen atoms in total. The van der Waals surface area contributed by atoms with Gasteiger partial charge in [-0.1, -0.05) is 6.07 Å². The van der Waals surface area contributed by atoms with E-state index >= 15 is 0 Å². The fourth-order valence-corrected chi connectivity index (χ4v) is 2.51. The topological polar surface area (TPSA) is 69.1 Å². The van der Waals surface area contributed by atoms with E-state index in [4.69, 9.17) is 11.5 Å². The number of carbonyl (C=O) groups excluding carboxylic acids is 1. The van der Waals surface area contributed by atoms with E-state index in [9.17, 15) is 4.79 Å². The van der Waals surface area contributed by atoms with E-state index in [1.165, 1.54) is 16.0 Å². The van der Waals surface area contributed by atoms with Crippen molar-refractivity contribution >= 4 is 17.7 Å². The largest absolute Gasteiger partial charge is 0.368 e. The van der Waals surface area contributed by atoms with Gasteiger partial charge >= 0.3 is 0 Å². The number of nitrogens with two attached hydrogens (primary N) is 2. The lowest BCUT2D eigenvalue weighted by molar-refractivity contribution is -0.122. The normalized spacial score (nSPS) is 14.2. The molecule has 4 N–H and O–H groups in total. The molecule has 1 aromatic carbocycles. The SMILES string of the molecule is Cc1ccc(SCCCC(C)(N)C(N)=O)cc1C. The Kier molecular flexibility index (Phi) is 5.23. The van der Waals surface area contributed by atoms with E-state index in [0.717, 1.165) is 12.2 Å². The summed E-state index contributed by atoms with van der Waals surface area (Å²) in [6.45, 7) is 5.91. The predicted octanol–water partition coefficient (Wildman–Crippen LogP) is 2.38. The highest BCUT2D eigenvalue weighted by atomic mass is 32.2. The lowest BCUT2D eigenvalue weighted by atomic mass is 9.97. The van der Waals surface area contributed by atoms with E-state index in [1.807, 2.05) is 0 Å². The van der Waals surface area contributed by atoms with Gasteiger partial charge in [-0.2, -0.15) is 0 Å². The predicted molar refractivity (Wildman–Crippen MR) is 77.7 cm³/mol. The lowest BCUT2D eigenvalue weighted by Gasteiger charge is -2.19. The molecule has 0 saturated heterocycles. The lowest BCUT2D eigenvalue weighted by Crippen LogP contribution is -2.49. The molecule has 1 aromatic rings. The van der Waals surface area contributed by atoms with Crippen LogP contribution in [0.3, 0.4) is 0 Å². The maximum atomic E-state index is 11.1. The van der Waals surface area contributed by atoms with Crippen molar-refractivity contribution < 1.29 is 4.79 Å². The van der Waals surface area contributed by atoms with Gasteiger partial charge in [-0.05, 0) is 62.6 Å². The molecular formula is C14H22N2OS. The monoisotopic (exact) mass is 266 g/mol. The van der Waals surface area contributed by atoms with Gasteiger partial charge in [0.15, 0.2) is 0 Å². The van der Waals surface area contributed by atoms with Crippen molar-refractivity contribution in [3.05, 3.63) is 29.3 Å². The highest BCUT2D eigenvalue weighted by molar-refractivity contribution is 7.99. The average Bonchev–Trinajstić information content (AvgIpc) is 2.29. The Morgan fingerprint density at radius 3 is 2.56 bits per heavy atom. The van der Waals surface area contributed by atoms with Crippen LogP contribution in [-0.4, -0.2) is 17.2 Å². The molecule has 1 unspecified atom stereocenters. The van der Waals surface area contributed by atoms with Crippen LogP contribution in [0.25, 0.3) is 0 Å². The second kappa shape index (κ2) is 6.25. The first-order chi connectivity index (χ1) is 8.33. The van der Waals surface area contributed by atoms with Gasteiger partial charge in [-0.15, -0.1) is 11.8 Å². The van der Waals surface area contributed by atoms with Crippen molar-refractivity contribution in [2.75, 3.05) is 5.75 Å². The number of hydrogen-bond acceptors (Lipinski definition) is 3. The third kappa shape index (κ3) is 4.35. The number of hydrogen-bond donors (Lipinski definition) is 2. The number of amides is 1. The van der Waals surface area contributed by atoms with Crippen molar-refractivity contribution in [2.45, 2.75) is 44.0 Å². The third-order valence-corrected chi connectivity index (χ3v) is 4.23. The van der Waals surface area contributed by atoms with Gasteiger partial charge in [0.25, 0.3) is 0 Å². The highest BCUT2D eigenvalue weighted by Crippen LogP contribution is 2.23. The fraction of sp³-hybridized carbons (Fsp3) is 0.500. The highest BCUT2D eigenvalue weighted by Gasteiger charge is 2.24. The summed E-state index contributed by atoms with van der Waals surface area (Å²) in [6.07, 6.45) is 1.51. The molecule has 0 aliphatic rings. The second-order valence-corrected chi connectivity index (χ2v) is 6.15. The summed E-state index contributed by atoms with van der Waals surface area (Å²) in [5.74, 6) is 0.515. The van der Waals surface area contributed by atoms with E-state index in [2.05, 4.69) is 32.0 Å². The van der Waals surface area contributed by atoms with Gasteiger partial charge in [-0.25, -0.2) is 0 Å². The Labute approximate surface area is 113 Å². The van der Waals surface area contributed by atoms with Crippen molar-refractivity contribution in [3.63, 3.8) is 0 Å². The number of benzene rings is 1. The van der Waals surface area contributed by atoms with E-state index in [0.29, 0.717) is 6.42 Å². The quantitative estimate of drug-likeness (QED) is 0.613. The average molecular weight is 266 g/mol. The summed E-state index contributed by atoms with van der Waals surface area (Å²) in [7, 11) is 0. The second-order valence-electron chi connectivity index (χ2n) is 4.98. The molecular weight excluding hydrogens is 244 g/mol. The third-order valence-electron chi connectivity index (χ3n) is 3.15. The van der Waals surface area contributed by atoms with Gasteiger partial charge < -0.3 is 11.5 Å². The van der Waals surface area contributed by atoms with Crippen LogP contribution in [0, 0.1) is 13.8 Å². The number of aryl methyl sites for hydroxylation is 2. The summed E-state index contributed by atoms with van der Waals surface area (Å²) in [5, 5.41) is 0. The van der Waals surface area contributed by atoms with Crippen molar-refractivity contribution in [1.82, 2.24) is 0 Å². The Morgan fingerprint density at radius 1 is 1.33 bits per heavy atom. The smallest absolute Gasteiger partial charge is 0.237 e. The number of primary amides is 1. The van der Waals surface area contributed by atoms with E-state index < -0.39 is 11.4 Å². The van der Waals surface area contributed by atoms with Crippen LogP contribution in [-0.2, 0) is 4.79 Å². The Balaban J connectivity index is 2.38. The molecule has 1 rings (SSSR count). The maximum absolute atomic E-state index is 11.1. The first-order valence-corrected chi connectivity index (χ1v) is 7.10. The molecule has 0 radical (unpaired) electrons.